The lowest BCUT2D eigenvalue weighted by atomic mass is 10.2. The van der Waals surface area contributed by atoms with E-state index in [4.69, 9.17) is 5.73 Å². The lowest BCUT2D eigenvalue weighted by Crippen LogP contribution is -1.94. The maximum Gasteiger partial charge on any atom is 0.0726 e. The molecule has 1 aromatic heterocycles. The monoisotopic (exact) mass is 236 g/mol. The molecule has 0 aliphatic heterocycles. The first-order valence-electron chi connectivity index (χ1n) is 4.00. The summed E-state index contributed by atoms with van der Waals surface area (Å²) in [6.45, 7) is 1.94. The van der Waals surface area contributed by atoms with Gasteiger partial charge < -0.3 is 5.73 Å². The van der Waals surface area contributed by atoms with E-state index in [1.54, 1.807) is 0 Å². The van der Waals surface area contributed by atoms with Gasteiger partial charge in [0.05, 0.1) is 21.4 Å². The maximum atomic E-state index is 5.93. The molecule has 0 fully saturated rings. The van der Waals surface area contributed by atoms with Gasteiger partial charge in [0.25, 0.3) is 0 Å². The highest BCUT2D eigenvalue weighted by Gasteiger charge is 2.05. The molecule has 0 amide bonds. The van der Waals surface area contributed by atoms with Crippen molar-refractivity contribution in [2.24, 2.45) is 0 Å². The summed E-state index contributed by atoms with van der Waals surface area (Å²) >= 11 is 3.41. The summed E-state index contributed by atoms with van der Waals surface area (Å²) in [5, 5.41) is 1.000. The molecule has 0 radical (unpaired) electrons. The largest absolute Gasteiger partial charge is 0.397 e. The Labute approximate surface area is 84.9 Å². The number of nitrogens with zero attached hydrogens (tertiary/aromatic N) is 1. The molecule has 2 aromatic rings. The van der Waals surface area contributed by atoms with E-state index in [1.165, 1.54) is 0 Å². The molecule has 0 aliphatic rings. The number of rotatable bonds is 0. The molecule has 0 atom stereocenters. The van der Waals surface area contributed by atoms with Crippen LogP contribution in [0.2, 0.25) is 0 Å². The zero-order chi connectivity index (χ0) is 9.42. The summed E-state index contributed by atoms with van der Waals surface area (Å²) in [6.07, 6.45) is 0. The minimum Gasteiger partial charge on any atom is -0.397 e. The van der Waals surface area contributed by atoms with Gasteiger partial charge in [0.2, 0.25) is 0 Å². The lowest BCUT2D eigenvalue weighted by Gasteiger charge is -2.05. The Morgan fingerprint density at radius 3 is 2.77 bits per heavy atom. The molecule has 0 bridgehead atoms. The van der Waals surface area contributed by atoms with E-state index >= 15 is 0 Å². The van der Waals surface area contributed by atoms with E-state index in [0.717, 1.165) is 26.8 Å². The van der Waals surface area contributed by atoms with Crippen LogP contribution in [0.3, 0.4) is 0 Å². The van der Waals surface area contributed by atoms with Gasteiger partial charge in [-0.25, -0.2) is 0 Å². The molecule has 0 saturated carbocycles. The second-order valence-corrected chi connectivity index (χ2v) is 3.74. The number of halogens is 1. The molecule has 2 N–H and O–H groups in total. The third-order valence-electron chi connectivity index (χ3n) is 2.04. The predicted molar refractivity (Wildman–Crippen MR) is 58.6 cm³/mol. The highest BCUT2D eigenvalue weighted by atomic mass is 79.9. The van der Waals surface area contributed by atoms with Gasteiger partial charge in [-0.3, -0.25) is 4.98 Å². The molecule has 2 nitrogen and oxygen atoms in total. The van der Waals surface area contributed by atoms with Crippen molar-refractivity contribution in [3.63, 3.8) is 0 Å². The number of aromatic nitrogens is 1. The molecule has 0 aliphatic carbocycles. The van der Waals surface area contributed by atoms with Crippen LogP contribution in [0.5, 0.6) is 0 Å². The zero-order valence-electron chi connectivity index (χ0n) is 7.21. The number of pyridine rings is 1. The highest BCUT2D eigenvalue weighted by molar-refractivity contribution is 9.10. The van der Waals surface area contributed by atoms with Crippen molar-refractivity contribution in [2.75, 3.05) is 5.73 Å². The number of anilines is 1. The SMILES string of the molecule is Cc1nc2ccccc2c(N)c1Br. The number of hydrogen-bond donors (Lipinski definition) is 1. The number of para-hydroxylation sites is 1. The van der Waals surface area contributed by atoms with Crippen molar-refractivity contribution in [3.05, 3.63) is 34.4 Å². The molecule has 13 heavy (non-hydrogen) atoms. The van der Waals surface area contributed by atoms with Crippen LogP contribution in [0.25, 0.3) is 10.9 Å². The third kappa shape index (κ3) is 1.29. The van der Waals surface area contributed by atoms with Crippen LogP contribution >= 0.6 is 15.9 Å². The molecule has 1 heterocycles. The van der Waals surface area contributed by atoms with Crippen molar-refractivity contribution in [2.45, 2.75) is 6.92 Å². The van der Waals surface area contributed by atoms with Crippen LogP contribution in [0, 0.1) is 6.92 Å². The van der Waals surface area contributed by atoms with Gasteiger partial charge >= 0.3 is 0 Å². The first kappa shape index (κ1) is 8.51. The topological polar surface area (TPSA) is 38.9 Å². The number of nitrogen functional groups attached to an aromatic ring is 1. The fourth-order valence-electron chi connectivity index (χ4n) is 1.34. The molecular formula is C10H9BrN2. The number of hydrogen-bond acceptors (Lipinski definition) is 2. The fourth-order valence-corrected chi connectivity index (χ4v) is 1.64. The summed E-state index contributed by atoms with van der Waals surface area (Å²) in [5.41, 5.74) is 8.57. The van der Waals surface area contributed by atoms with E-state index in [2.05, 4.69) is 20.9 Å². The molecule has 1 aromatic carbocycles. The van der Waals surface area contributed by atoms with Crippen LogP contribution in [0.1, 0.15) is 5.69 Å². The Kier molecular flexibility index (Phi) is 1.96. The molecule has 66 valence electrons. The molecule has 3 heteroatoms. The molecule has 2 rings (SSSR count). The van der Waals surface area contributed by atoms with Gasteiger partial charge in [0, 0.05) is 5.39 Å². The van der Waals surface area contributed by atoms with Gasteiger partial charge in [0.1, 0.15) is 0 Å². The summed E-state index contributed by atoms with van der Waals surface area (Å²) < 4.78 is 0.895. The molecule has 0 spiro atoms. The summed E-state index contributed by atoms with van der Waals surface area (Å²) in [4.78, 5) is 4.41. The van der Waals surface area contributed by atoms with E-state index in [0.29, 0.717) is 0 Å². The third-order valence-corrected chi connectivity index (χ3v) is 3.04. The fraction of sp³-hybridized carbons (Fsp3) is 0.100. The Bertz CT molecular complexity index is 466. The number of benzene rings is 1. The van der Waals surface area contributed by atoms with Gasteiger partial charge in [-0.1, -0.05) is 18.2 Å². The Balaban J connectivity index is 2.94. The van der Waals surface area contributed by atoms with Gasteiger partial charge in [-0.15, -0.1) is 0 Å². The highest BCUT2D eigenvalue weighted by Crippen LogP contribution is 2.29. The first-order valence-corrected chi connectivity index (χ1v) is 4.80. The number of fused-ring (bicyclic) bond motifs is 1. The van der Waals surface area contributed by atoms with E-state index in [1.807, 2.05) is 31.2 Å². The van der Waals surface area contributed by atoms with Crippen LogP contribution in [0.4, 0.5) is 5.69 Å². The zero-order valence-corrected chi connectivity index (χ0v) is 8.80. The number of nitrogens with two attached hydrogens (primary N) is 1. The van der Waals surface area contributed by atoms with Crippen molar-refractivity contribution in [1.82, 2.24) is 4.98 Å². The molecule has 0 saturated heterocycles. The summed E-state index contributed by atoms with van der Waals surface area (Å²) in [6, 6.07) is 7.86. The Hall–Kier alpha value is -1.09. The van der Waals surface area contributed by atoms with Gasteiger partial charge in [-0.05, 0) is 28.9 Å². The minimum absolute atomic E-state index is 0.767. The summed E-state index contributed by atoms with van der Waals surface area (Å²) in [5.74, 6) is 0. The normalized spacial score (nSPS) is 10.6. The van der Waals surface area contributed by atoms with Crippen molar-refractivity contribution in [3.8, 4) is 0 Å². The van der Waals surface area contributed by atoms with Crippen LogP contribution in [-0.2, 0) is 0 Å². The Morgan fingerprint density at radius 2 is 2.00 bits per heavy atom. The Morgan fingerprint density at radius 1 is 1.31 bits per heavy atom. The van der Waals surface area contributed by atoms with E-state index in [9.17, 15) is 0 Å². The average Bonchev–Trinajstić information content (AvgIpc) is 2.15. The average molecular weight is 237 g/mol. The van der Waals surface area contributed by atoms with Crippen molar-refractivity contribution in [1.29, 1.82) is 0 Å². The molecular weight excluding hydrogens is 228 g/mol. The standard InChI is InChI=1S/C10H9BrN2/c1-6-9(11)10(12)7-4-2-3-5-8(7)13-6/h2-5H,1H3,(H2,12,13). The van der Waals surface area contributed by atoms with Gasteiger partial charge in [0.15, 0.2) is 0 Å². The second kappa shape index (κ2) is 3.00. The first-order chi connectivity index (χ1) is 6.20. The van der Waals surface area contributed by atoms with Crippen molar-refractivity contribution >= 4 is 32.5 Å². The number of aryl methyl sites for hydroxylation is 1. The lowest BCUT2D eigenvalue weighted by molar-refractivity contribution is 1.24. The van der Waals surface area contributed by atoms with Crippen LogP contribution in [-0.4, -0.2) is 4.98 Å². The van der Waals surface area contributed by atoms with Gasteiger partial charge in [-0.2, -0.15) is 0 Å². The summed E-state index contributed by atoms with van der Waals surface area (Å²) in [7, 11) is 0. The van der Waals surface area contributed by atoms with E-state index < -0.39 is 0 Å². The molecule has 0 unspecified atom stereocenters. The van der Waals surface area contributed by atoms with Crippen molar-refractivity contribution < 1.29 is 0 Å². The smallest absolute Gasteiger partial charge is 0.0726 e. The predicted octanol–water partition coefficient (Wildman–Crippen LogP) is 2.89. The van der Waals surface area contributed by atoms with Crippen LogP contribution < -0.4 is 5.73 Å². The quantitative estimate of drug-likeness (QED) is 0.765. The second-order valence-electron chi connectivity index (χ2n) is 2.94. The minimum atomic E-state index is 0.767. The maximum absolute atomic E-state index is 5.93. The van der Waals surface area contributed by atoms with Crippen LogP contribution in [0.15, 0.2) is 28.7 Å². The van der Waals surface area contributed by atoms with E-state index in [-0.39, 0.29) is 0 Å².